The molecule has 3 rings (SSSR count). The summed E-state index contributed by atoms with van der Waals surface area (Å²) in [6.07, 6.45) is 5.70. The van der Waals surface area contributed by atoms with Crippen LogP contribution in [0, 0.1) is 0 Å². The normalized spacial score (nSPS) is 41.2. The second kappa shape index (κ2) is 7.92. The van der Waals surface area contributed by atoms with Crippen LogP contribution in [0.5, 0.6) is 0 Å². The molecule has 2 heterocycles. The summed E-state index contributed by atoms with van der Waals surface area (Å²) in [7, 11) is 0.0904. The van der Waals surface area contributed by atoms with Crippen LogP contribution in [0.2, 0.25) is 0 Å². The van der Waals surface area contributed by atoms with Crippen molar-refractivity contribution in [2.45, 2.75) is 40.3 Å². The number of halogens is 4. The molecule has 0 radical (unpaired) electrons. The Labute approximate surface area is 178 Å². The van der Waals surface area contributed by atoms with Gasteiger partial charge in [0.15, 0.2) is 0 Å². The lowest BCUT2D eigenvalue weighted by Gasteiger charge is -2.28. The van der Waals surface area contributed by atoms with Crippen molar-refractivity contribution in [3.05, 3.63) is 24.3 Å². The van der Waals surface area contributed by atoms with Crippen LogP contribution in [0.25, 0.3) is 0 Å². The van der Waals surface area contributed by atoms with Gasteiger partial charge in [-0.15, -0.1) is 0 Å². The summed E-state index contributed by atoms with van der Waals surface area (Å²) in [5.41, 5.74) is 0. The highest BCUT2D eigenvalue weighted by Crippen LogP contribution is 2.64. The first-order valence-electron chi connectivity index (χ1n) is 6.81. The van der Waals surface area contributed by atoms with E-state index in [-0.39, 0.29) is 15.8 Å². The lowest BCUT2D eigenvalue weighted by Crippen LogP contribution is -2.26. The van der Waals surface area contributed by atoms with Crippen LogP contribution in [0.1, 0.15) is 25.7 Å². The zero-order valence-corrected chi connectivity index (χ0v) is 21.3. The third-order valence-corrected chi connectivity index (χ3v) is 19.1. The van der Waals surface area contributed by atoms with Gasteiger partial charge in [0, 0.05) is 14.7 Å². The van der Waals surface area contributed by atoms with Crippen LogP contribution in [0.15, 0.2) is 24.3 Å². The first-order valence-corrected chi connectivity index (χ1v) is 14.8. The van der Waals surface area contributed by atoms with E-state index in [1.165, 1.54) is 25.7 Å². The van der Waals surface area contributed by atoms with E-state index in [1.807, 2.05) is 0 Å². The molecule has 6 heteroatoms. The maximum Gasteiger partial charge on any atom is 0.0361 e. The Morgan fingerprint density at radius 1 is 0.650 bits per heavy atom. The van der Waals surface area contributed by atoms with E-state index in [4.69, 9.17) is 0 Å². The predicted molar refractivity (Wildman–Crippen MR) is 129 cm³/mol. The minimum atomic E-state index is 0.0452. The lowest BCUT2D eigenvalue weighted by molar-refractivity contribution is 0.926. The third kappa shape index (κ3) is 3.65. The number of rotatable bonds is 2. The molecule has 0 saturated carbocycles. The molecule has 0 aliphatic carbocycles. The molecule has 0 amide bonds. The highest BCUT2D eigenvalue weighted by molar-refractivity contribution is 14.1. The molecular weight excluding hydrogens is 738 g/mol. The highest BCUT2D eigenvalue weighted by atomic mass is 127. The molecule has 2 saturated heterocycles. The standard InChI is InChI=1S/C14H16I4P2/c15-11-5-6-12(16)19(11)9-3-1-2-4-10(9)20-13(17)7-8-14(20)18/h1-4,11-14H,5-8H2/t11-,12?,13-,14?,19?,20?/m0/s1. The summed E-state index contributed by atoms with van der Waals surface area (Å²) in [5.74, 6) is 0. The summed E-state index contributed by atoms with van der Waals surface area (Å²) in [5, 5.41) is 3.52. The summed E-state index contributed by atoms with van der Waals surface area (Å²) in [6, 6.07) is 9.50. The second-order valence-electron chi connectivity index (χ2n) is 5.20. The summed E-state index contributed by atoms with van der Waals surface area (Å²) < 4.78 is 3.57. The quantitative estimate of drug-likeness (QED) is 0.183. The molecule has 2 fully saturated rings. The Morgan fingerprint density at radius 3 is 1.25 bits per heavy atom. The highest BCUT2D eigenvalue weighted by Gasteiger charge is 2.39. The summed E-state index contributed by atoms with van der Waals surface area (Å²) >= 11 is 10.9. The fraction of sp³-hybridized carbons (Fsp3) is 0.571. The van der Waals surface area contributed by atoms with Crippen LogP contribution in [-0.2, 0) is 0 Å². The Hall–Kier alpha value is 3.00. The minimum absolute atomic E-state index is 0.0452. The van der Waals surface area contributed by atoms with Gasteiger partial charge in [-0.1, -0.05) is 115 Å². The molecule has 0 spiro atoms. The van der Waals surface area contributed by atoms with Crippen LogP contribution < -0.4 is 10.6 Å². The topological polar surface area (TPSA) is 0 Å². The van der Waals surface area contributed by atoms with Crippen molar-refractivity contribution in [3.8, 4) is 0 Å². The molecule has 2 aliphatic rings. The van der Waals surface area contributed by atoms with Crippen LogP contribution in [-0.4, -0.2) is 14.7 Å². The number of hydrogen-bond acceptors (Lipinski definition) is 0. The summed E-state index contributed by atoms with van der Waals surface area (Å²) in [4.78, 5) is 0. The van der Waals surface area contributed by atoms with Gasteiger partial charge >= 0.3 is 0 Å². The molecule has 4 unspecified atom stereocenters. The van der Waals surface area contributed by atoms with Gasteiger partial charge in [-0.25, -0.2) is 0 Å². The molecule has 0 bridgehead atoms. The van der Waals surface area contributed by atoms with Crippen molar-refractivity contribution in [2.75, 3.05) is 0 Å². The molecule has 0 aromatic heterocycles. The first-order chi connectivity index (χ1) is 9.59. The van der Waals surface area contributed by atoms with Gasteiger partial charge in [-0.05, 0) is 52.1 Å². The van der Waals surface area contributed by atoms with Gasteiger partial charge in [-0.2, -0.15) is 0 Å². The second-order valence-corrected chi connectivity index (χ2v) is 20.2. The zero-order valence-electron chi connectivity index (χ0n) is 10.9. The van der Waals surface area contributed by atoms with Gasteiger partial charge in [0.1, 0.15) is 0 Å². The van der Waals surface area contributed by atoms with Crippen molar-refractivity contribution >= 4 is 117 Å². The van der Waals surface area contributed by atoms with Crippen molar-refractivity contribution in [2.24, 2.45) is 0 Å². The van der Waals surface area contributed by atoms with Gasteiger partial charge in [0.25, 0.3) is 0 Å². The predicted octanol–water partition coefficient (Wildman–Crippen LogP) is 6.53. The number of benzene rings is 1. The molecule has 6 atom stereocenters. The fourth-order valence-corrected chi connectivity index (χ4v) is 21.9. The van der Waals surface area contributed by atoms with E-state index in [1.54, 1.807) is 10.6 Å². The molecule has 0 nitrogen and oxygen atoms in total. The van der Waals surface area contributed by atoms with Crippen LogP contribution in [0.3, 0.4) is 0 Å². The van der Waals surface area contributed by atoms with E-state index in [0.717, 1.165) is 14.7 Å². The van der Waals surface area contributed by atoms with E-state index in [2.05, 4.69) is 115 Å². The number of hydrogen-bond donors (Lipinski definition) is 0. The molecule has 1 aromatic carbocycles. The Balaban J connectivity index is 2.00. The van der Waals surface area contributed by atoms with Gasteiger partial charge in [0.2, 0.25) is 0 Å². The molecule has 20 heavy (non-hydrogen) atoms. The summed E-state index contributed by atoms with van der Waals surface area (Å²) in [6.45, 7) is 0. The fourth-order valence-electron chi connectivity index (χ4n) is 2.96. The molecule has 2 aliphatic heterocycles. The van der Waals surface area contributed by atoms with Crippen molar-refractivity contribution < 1.29 is 0 Å². The van der Waals surface area contributed by atoms with Crippen molar-refractivity contribution in [1.29, 1.82) is 0 Å². The zero-order chi connectivity index (χ0) is 14.3. The van der Waals surface area contributed by atoms with Crippen LogP contribution >= 0.6 is 106 Å². The molecule has 110 valence electrons. The monoisotopic (exact) mass is 754 g/mol. The Morgan fingerprint density at radius 2 is 0.950 bits per heavy atom. The maximum absolute atomic E-state index is 2.73. The van der Waals surface area contributed by atoms with Gasteiger partial charge in [-0.3, -0.25) is 0 Å². The van der Waals surface area contributed by atoms with E-state index < -0.39 is 0 Å². The van der Waals surface area contributed by atoms with Crippen molar-refractivity contribution in [3.63, 3.8) is 0 Å². The molecule has 1 aromatic rings. The largest absolute Gasteiger partial charge is 0.0771 e. The molecular formula is C14H16I4P2. The lowest BCUT2D eigenvalue weighted by atomic mass is 10.4. The Kier molecular flexibility index (Phi) is 7.05. The van der Waals surface area contributed by atoms with E-state index in [9.17, 15) is 0 Å². The van der Waals surface area contributed by atoms with E-state index in [0.29, 0.717) is 0 Å². The van der Waals surface area contributed by atoms with Gasteiger partial charge in [0.05, 0.1) is 0 Å². The van der Waals surface area contributed by atoms with Crippen LogP contribution in [0.4, 0.5) is 0 Å². The first kappa shape index (κ1) is 17.8. The maximum atomic E-state index is 2.73. The average molecular weight is 754 g/mol. The average Bonchev–Trinajstić information content (AvgIpc) is 2.93. The van der Waals surface area contributed by atoms with E-state index >= 15 is 0 Å². The van der Waals surface area contributed by atoms with Gasteiger partial charge < -0.3 is 0 Å². The van der Waals surface area contributed by atoms with Crippen molar-refractivity contribution in [1.82, 2.24) is 0 Å². The molecule has 0 N–H and O–H groups in total. The third-order valence-electron chi connectivity index (χ3n) is 3.93. The minimum Gasteiger partial charge on any atom is -0.0771 e. The number of alkyl halides is 4. The smallest absolute Gasteiger partial charge is 0.0361 e. The SMILES string of the molecule is IC1CC[C@@H](I)P1c1ccccc1P1C(I)CC[C@H]1I. The Bertz CT molecular complexity index is 421.